The van der Waals surface area contributed by atoms with E-state index in [1.165, 1.54) is 4.90 Å². The van der Waals surface area contributed by atoms with Gasteiger partial charge in [-0.15, -0.1) is 0 Å². The normalized spacial score (nSPS) is 29.3. The fourth-order valence-corrected chi connectivity index (χ4v) is 7.51. The molecule has 2 aromatic carbocycles. The Bertz CT molecular complexity index is 1350. The van der Waals surface area contributed by atoms with Crippen molar-refractivity contribution in [2.75, 3.05) is 23.8 Å². The Balaban J connectivity index is 1.53. The van der Waals surface area contributed by atoms with Crippen LogP contribution < -0.4 is 15.4 Å². The van der Waals surface area contributed by atoms with E-state index >= 15 is 0 Å². The van der Waals surface area contributed by atoms with Crippen molar-refractivity contribution in [3.8, 4) is 5.75 Å². The van der Waals surface area contributed by atoms with Crippen LogP contribution in [0.2, 0.25) is 5.02 Å². The first-order chi connectivity index (χ1) is 20.0. The number of anilines is 2. The maximum atomic E-state index is 14.5. The number of hydrogen-bond acceptors (Lipinski definition) is 6. The molecule has 1 spiro atoms. The van der Waals surface area contributed by atoms with Crippen molar-refractivity contribution in [1.29, 1.82) is 0 Å². The number of hydrogen-bond donors (Lipinski definition) is 3. The molecule has 226 valence electrons. The molecule has 3 aliphatic heterocycles. The summed E-state index contributed by atoms with van der Waals surface area (Å²) in [7, 11) is 0. The summed E-state index contributed by atoms with van der Waals surface area (Å²) in [5.41, 5.74) is -0.359. The minimum absolute atomic E-state index is 0.101. The summed E-state index contributed by atoms with van der Waals surface area (Å²) >= 11 is 6.46. The molecule has 9 nitrogen and oxygen atoms in total. The van der Waals surface area contributed by atoms with Gasteiger partial charge in [0, 0.05) is 5.69 Å². The largest absolute Gasteiger partial charge is 0.494 e. The molecule has 0 radical (unpaired) electrons. The van der Waals surface area contributed by atoms with E-state index in [1.807, 2.05) is 40.7 Å². The summed E-state index contributed by atoms with van der Waals surface area (Å²) in [5.74, 6) is -2.26. The van der Waals surface area contributed by atoms with E-state index in [-0.39, 0.29) is 24.3 Å². The van der Waals surface area contributed by atoms with Crippen molar-refractivity contribution in [2.24, 2.45) is 17.8 Å². The highest BCUT2D eigenvalue weighted by atomic mass is 35.5. The predicted molar refractivity (Wildman–Crippen MR) is 160 cm³/mol. The first-order valence-corrected chi connectivity index (χ1v) is 15.1. The lowest BCUT2D eigenvalue weighted by Gasteiger charge is -2.39. The molecule has 2 unspecified atom stereocenters. The van der Waals surface area contributed by atoms with Gasteiger partial charge >= 0.3 is 0 Å². The van der Waals surface area contributed by atoms with Gasteiger partial charge in [0.05, 0.1) is 47.4 Å². The molecule has 0 aliphatic carbocycles. The second-order valence-corrected chi connectivity index (χ2v) is 12.4. The van der Waals surface area contributed by atoms with E-state index in [9.17, 15) is 19.5 Å². The predicted octanol–water partition coefficient (Wildman–Crippen LogP) is 4.80. The highest BCUT2D eigenvalue weighted by Gasteiger charge is 2.78. The number of aliphatic hydroxyl groups is 1. The molecule has 10 heteroatoms. The molecule has 3 N–H and O–H groups in total. The van der Waals surface area contributed by atoms with Crippen LogP contribution in [0.25, 0.3) is 0 Å². The van der Waals surface area contributed by atoms with Gasteiger partial charge in [-0.2, -0.15) is 0 Å². The Morgan fingerprint density at radius 2 is 1.86 bits per heavy atom. The summed E-state index contributed by atoms with van der Waals surface area (Å²) in [4.78, 5) is 44.1. The number of halogens is 1. The Morgan fingerprint density at radius 3 is 2.48 bits per heavy atom. The van der Waals surface area contributed by atoms with Crippen LogP contribution in [0.1, 0.15) is 52.5 Å². The van der Waals surface area contributed by atoms with Crippen LogP contribution in [0, 0.1) is 24.7 Å². The van der Waals surface area contributed by atoms with Gasteiger partial charge in [0.25, 0.3) is 0 Å². The molecule has 3 saturated heterocycles. The highest BCUT2D eigenvalue weighted by molar-refractivity contribution is 6.34. The summed E-state index contributed by atoms with van der Waals surface area (Å²) in [6, 6.07) is 10.7. The number of carbonyl (C=O) groups is 3. The number of ether oxygens (including phenoxy) is 2. The fourth-order valence-electron chi connectivity index (χ4n) is 7.24. The van der Waals surface area contributed by atoms with Gasteiger partial charge in [-0.25, -0.2) is 0 Å². The van der Waals surface area contributed by atoms with E-state index in [0.29, 0.717) is 48.0 Å². The number of rotatable bonds is 10. The minimum atomic E-state index is -1.23. The van der Waals surface area contributed by atoms with Crippen LogP contribution in [0.5, 0.6) is 5.75 Å². The van der Waals surface area contributed by atoms with E-state index in [0.717, 1.165) is 5.56 Å². The van der Waals surface area contributed by atoms with Gasteiger partial charge in [-0.1, -0.05) is 44.0 Å². The topological polar surface area (TPSA) is 117 Å². The molecule has 5 rings (SSSR count). The van der Waals surface area contributed by atoms with Crippen LogP contribution >= 0.6 is 11.6 Å². The third-order valence-corrected chi connectivity index (χ3v) is 9.81. The summed E-state index contributed by atoms with van der Waals surface area (Å²) < 4.78 is 12.2. The highest BCUT2D eigenvalue weighted by Crippen LogP contribution is 2.63. The van der Waals surface area contributed by atoms with E-state index in [2.05, 4.69) is 10.6 Å². The summed E-state index contributed by atoms with van der Waals surface area (Å²) in [6.45, 7) is 9.73. The molecule has 0 aromatic heterocycles. The van der Waals surface area contributed by atoms with Gasteiger partial charge in [-0.3, -0.25) is 14.4 Å². The number of aliphatic hydroxyl groups excluding tert-OH is 1. The zero-order valence-corrected chi connectivity index (χ0v) is 25.5. The fraction of sp³-hybridized carbons (Fsp3) is 0.531. The first-order valence-electron chi connectivity index (χ1n) is 14.7. The average Bonchev–Trinajstić information content (AvgIpc) is 3.53. The molecule has 2 aromatic rings. The van der Waals surface area contributed by atoms with E-state index in [1.54, 1.807) is 36.4 Å². The van der Waals surface area contributed by atoms with Crippen LogP contribution in [0.15, 0.2) is 42.5 Å². The lowest BCUT2D eigenvalue weighted by molar-refractivity contribution is -0.148. The Morgan fingerprint density at radius 1 is 1.14 bits per heavy atom. The minimum Gasteiger partial charge on any atom is -0.494 e. The number of carbonyl (C=O) groups excluding carboxylic acids is 3. The van der Waals surface area contributed by atoms with Crippen molar-refractivity contribution in [1.82, 2.24) is 4.90 Å². The molecule has 3 heterocycles. The Kier molecular flexibility index (Phi) is 8.31. The quantitative estimate of drug-likeness (QED) is 0.362. The number of amides is 3. The van der Waals surface area contributed by atoms with Gasteiger partial charge in [0.2, 0.25) is 17.7 Å². The number of para-hydroxylation sites is 1. The van der Waals surface area contributed by atoms with E-state index in [4.69, 9.17) is 21.1 Å². The zero-order valence-electron chi connectivity index (χ0n) is 24.8. The Labute approximate surface area is 251 Å². The molecular weight excluding hydrogens is 558 g/mol. The van der Waals surface area contributed by atoms with Crippen LogP contribution in [0.3, 0.4) is 0 Å². The van der Waals surface area contributed by atoms with Crippen LogP contribution in [-0.2, 0) is 19.1 Å². The van der Waals surface area contributed by atoms with Gasteiger partial charge in [-0.05, 0) is 75.4 Å². The molecule has 2 bridgehead atoms. The second-order valence-electron chi connectivity index (χ2n) is 12.0. The van der Waals surface area contributed by atoms with Crippen LogP contribution in [-0.4, -0.2) is 64.2 Å². The smallest absolute Gasteiger partial charge is 0.250 e. The summed E-state index contributed by atoms with van der Waals surface area (Å²) in [5, 5.41) is 16.8. The average molecular weight is 598 g/mol. The number of benzene rings is 2. The maximum absolute atomic E-state index is 14.5. The molecule has 3 amide bonds. The van der Waals surface area contributed by atoms with Gasteiger partial charge < -0.3 is 30.1 Å². The number of fused-ring (bicyclic) bond motifs is 1. The summed E-state index contributed by atoms with van der Waals surface area (Å²) in [6.07, 6.45) is 1.63. The molecule has 3 fully saturated rings. The SMILES string of the molecule is CCOc1ccc(NC(=O)[C@@H]2[C@H]3C(=O)N([C@@H](CO)[C@@H](C)CC)C(C(=O)Nc4c(C)cccc4Cl)C34CC[C@@]2(C)O4)cc1. The van der Waals surface area contributed by atoms with Crippen molar-refractivity contribution in [3.63, 3.8) is 0 Å². The van der Waals surface area contributed by atoms with Crippen molar-refractivity contribution < 1.29 is 29.0 Å². The van der Waals surface area contributed by atoms with Crippen molar-refractivity contribution in [2.45, 2.75) is 77.2 Å². The second kappa shape index (κ2) is 11.5. The molecule has 0 saturated carbocycles. The molecule has 7 atom stereocenters. The Hall–Kier alpha value is -3.14. The lowest BCUT2D eigenvalue weighted by atomic mass is 9.66. The third kappa shape index (κ3) is 4.85. The third-order valence-electron chi connectivity index (χ3n) is 9.49. The molecular formula is C32H40ClN3O6. The van der Waals surface area contributed by atoms with E-state index < -0.39 is 41.0 Å². The van der Waals surface area contributed by atoms with Gasteiger partial charge in [0.1, 0.15) is 17.4 Å². The monoisotopic (exact) mass is 597 g/mol. The number of nitrogens with one attached hydrogen (secondary N) is 2. The number of likely N-dealkylation sites (tertiary alicyclic amines) is 1. The first kappa shape index (κ1) is 30.3. The number of nitrogens with zero attached hydrogens (tertiary/aromatic N) is 1. The maximum Gasteiger partial charge on any atom is 0.250 e. The molecule has 42 heavy (non-hydrogen) atoms. The zero-order chi connectivity index (χ0) is 30.4. The van der Waals surface area contributed by atoms with Gasteiger partial charge in [0.15, 0.2) is 0 Å². The van der Waals surface area contributed by atoms with Crippen molar-refractivity contribution in [3.05, 3.63) is 53.1 Å². The lowest BCUT2D eigenvalue weighted by Crippen LogP contribution is -2.57. The van der Waals surface area contributed by atoms with Crippen LogP contribution in [0.4, 0.5) is 11.4 Å². The van der Waals surface area contributed by atoms with Crippen molar-refractivity contribution >= 4 is 40.7 Å². The number of aryl methyl sites for hydroxylation is 1. The molecule has 3 aliphatic rings. The standard InChI is InChI=1S/C32H40ClN3O6/c1-6-18(3)23(17-37)36-27(29(39)35-26-19(4)9-8-10-22(26)33)32-16-15-31(5,42-32)24(25(32)30(36)40)28(38)34-20-11-13-21(14-12-20)41-7-2/h8-14,18,23-25,27,37H,6-7,15-17H2,1-5H3,(H,34,38)(H,35,39)/t18-,23-,24-,25-,27?,31+,32?/m0/s1.